The maximum absolute atomic E-state index is 15.1. The second-order valence-corrected chi connectivity index (χ2v) is 21.8. The van der Waals surface area contributed by atoms with Gasteiger partial charge in [-0.3, -0.25) is 0 Å². The van der Waals surface area contributed by atoms with Crippen LogP contribution in [0.1, 0.15) is 0 Å². The van der Waals surface area contributed by atoms with Crippen molar-refractivity contribution >= 4 is 56.8 Å². The average molecular weight is 635 g/mol. The van der Waals surface area contributed by atoms with Crippen LogP contribution in [0.3, 0.4) is 0 Å². The number of benzene rings is 6. The van der Waals surface area contributed by atoms with E-state index in [1.54, 1.807) is 0 Å². The van der Waals surface area contributed by atoms with Crippen LogP contribution < -0.4 is 31.8 Å². The molecule has 0 N–H and O–H groups in total. The average Bonchev–Trinajstić information content (AvgIpc) is 3.10. The van der Waals surface area contributed by atoms with Gasteiger partial charge in [-0.1, -0.05) is 0 Å². The Morgan fingerprint density at radius 2 is 0.500 bits per heavy atom. The summed E-state index contributed by atoms with van der Waals surface area (Å²) in [6, 6.07) is 61.0. The monoisotopic (exact) mass is 634 g/mol. The van der Waals surface area contributed by atoms with Gasteiger partial charge in [0.25, 0.3) is 0 Å². The zero-order valence-electron chi connectivity index (χ0n) is 24.8. The Hall–Kier alpha value is -3.75. The van der Waals surface area contributed by atoms with E-state index in [0.29, 0.717) is 0 Å². The Bertz CT molecular complexity index is 1520. The van der Waals surface area contributed by atoms with Crippen LogP contribution in [0.15, 0.2) is 182 Å². The molecule has 44 heavy (non-hydrogen) atoms. The molecule has 0 aliphatic heterocycles. The van der Waals surface area contributed by atoms with Gasteiger partial charge < -0.3 is 0 Å². The number of hydrogen-bond donors (Lipinski definition) is 0. The number of rotatable bonds is 10. The van der Waals surface area contributed by atoms with E-state index in [1.807, 2.05) is 109 Å². The molecule has 0 saturated carbocycles. The standard InChI is InChI=1S/C38H36O3P2S/c1-42(33-21-9-3-10-22-33,34-23-11-4-12-24-34,35-25-13-5-14-26-35)40-44(39)41-43(2,36-27-15-6-16-28-36,37-29-17-7-18-30-37)38-31-19-8-20-32-38/h3-32H,1-2H3. The Labute approximate surface area is 263 Å². The quantitative estimate of drug-likeness (QED) is 0.157. The van der Waals surface area contributed by atoms with Gasteiger partial charge in [-0.05, 0) is 0 Å². The molecule has 0 unspecified atom stereocenters. The van der Waals surface area contributed by atoms with Crippen molar-refractivity contribution in [1.82, 2.24) is 0 Å². The van der Waals surface area contributed by atoms with Crippen LogP contribution in [-0.2, 0) is 19.3 Å². The second-order valence-electron chi connectivity index (χ2n) is 11.3. The predicted octanol–water partition coefficient (Wildman–Crippen LogP) is 6.75. The fourth-order valence-corrected chi connectivity index (χ4v) is 18.2. The van der Waals surface area contributed by atoms with Crippen molar-refractivity contribution in [2.75, 3.05) is 13.3 Å². The van der Waals surface area contributed by atoms with Crippen LogP contribution in [0.2, 0.25) is 0 Å². The minimum atomic E-state index is -3.86. The van der Waals surface area contributed by atoms with E-state index in [1.165, 1.54) is 0 Å². The molecule has 0 radical (unpaired) electrons. The van der Waals surface area contributed by atoms with Crippen LogP contribution in [0.25, 0.3) is 0 Å². The fraction of sp³-hybridized carbons (Fsp3) is 0.0526. The van der Waals surface area contributed by atoms with Gasteiger partial charge in [0.1, 0.15) is 0 Å². The normalized spacial score (nSPS) is 14.4. The summed E-state index contributed by atoms with van der Waals surface area (Å²) in [5.74, 6) is 0. The van der Waals surface area contributed by atoms with Crippen molar-refractivity contribution in [1.29, 1.82) is 0 Å². The third-order valence-electron chi connectivity index (χ3n) is 8.76. The van der Waals surface area contributed by atoms with Crippen molar-refractivity contribution < 1.29 is 12.1 Å². The van der Waals surface area contributed by atoms with Crippen LogP contribution in [0.5, 0.6) is 0 Å². The molecule has 0 heterocycles. The zero-order chi connectivity index (χ0) is 30.6. The molecule has 3 nitrogen and oxygen atoms in total. The van der Waals surface area contributed by atoms with Crippen molar-refractivity contribution in [2.24, 2.45) is 0 Å². The Balaban J connectivity index is 1.63. The van der Waals surface area contributed by atoms with E-state index in [-0.39, 0.29) is 0 Å². The Kier molecular flexibility index (Phi) is 8.24. The molecule has 0 aromatic heterocycles. The van der Waals surface area contributed by atoms with E-state index in [4.69, 9.17) is 7.94 Å². The summed E-state index contributed by atoms with van der Waals surface area (Å²) in [5, 5.41) is 5.77. The summed E-state index contributed by atoms with van der Waals surface area (Å²) in [7, 11) is 0. The van der Waals surface area contributed by atoms with Gasteiger partial charge in [-0.2, -0.15) is 0 Å². The maximum atomic E-state index is 15.1. The van der Waals surface area contributed by atoms with E-state index >= 15 is 4.21 Å². The third kappa shape index (κ3) is 4.88. The Morgan fingerprint density at radius 3 is 0.659 bits per heavy atom. The van der Waals surface area contributed by atoms with Crippen LogP contribution >= 0.6 is 13.7 Å². The summed E-state index contributed by atoms with van der Waals surface area (Å²) in [4.78, 5) is 0. The van der Waals surface area contributed by atoms with Crippen LogP contribution in [-0.4, -0.2) is 17.5 Å². The molecular weight excluding hydrogens is 598 g/mol. The molecule has 6 aromatic rings. The molecule has 0 saturated heterocycles. The summed E-state index contributed by atoms with van der Waals surface area (Å²) in [6.07, 6.45) is 0. The molecule has 0 bridgehead atoms. The van der Waals surface area contributed by atoms with Crippen molar-refractivity contribution in [2.45, 2.75) is 0 Å². The summed E-state index contributed by atoms with van der Waals surface area (Å²) in [5.41, 5.74) is 0. The fourth-order valence-electron chi connectivity index (χ4n) is 6.19. The Morgan fingerprint density at radius 1 is 0.341 bits per heavy atom. The van der Waals surface area contributed by atoms with Gasteiger partial charge in [0.2, 0.25) is 0 Å². The van der Waals surface area contributed by atoms with Gasteiger partial charge in [0.05, 0.1) is 0 Å². The summed E-state index contributed by atoms with van der Waals surface area (Å²) < 4.78 is 29.4. The first-order chi connectivity index (χ1) is 21.4. The zero-order valence-corrected chi connectivity index (χ0v) is 27.5. The molecule has 0 amide bonds. The van der Waals surface area contributed by atoms with E-state index in [2.05, 4.69) is 86.1 Å². The van der Waals surface area contributed by atoms with E-state index in [9.17, 15) is 0 Å². The van der Waals surface area contributed by atoms with E-state index < -0.39 is 25.0 Å². The summed E-state index contributed by atoms with van der Waals surface area (Å²) >= 11 is -2.22. The summed E-state index contributed by atoms with van der Waals surface area (Å²) in [6.45, 7) is -3.45. The number of hydrogen-bond acceptors (Lipinski definition) is 3. The molecule has 6 aromatic carbocycles. The molecule has 0 atom stereocenters. The van der Waals surface area contributed by atoms with Gasteiger partial charge in [-0.15, -0.1) is 0 Å². The van der Waals surface area contributed by atoms with Gasteiger partial charge in [-0.25, -0.2) is 0 Å². The van der Waals surface area contributed by atoms with Crippen molar-refractivity contribution in [3.8, 4) is 0 Å². The SMILES string of the molecule is CP(OS(=O)OP(C)(c1ccccc1)(c1ccccc1)c1ccccc1)(c1ccccc1)(c1ccccc1)c1ccccc1. The first kappa shape index (κ1) is 30.3. The van der Waals surface area contributed by atoms with E-state index in [0.717, 1.165) is 31.8 Å². The van der Waals surface area contributed by atoms with Crippen LogP contribution in [0.4, 0.5) is 0 Å². The van der Waals surface area contributed by atoms with Crippen molar-refractivity contribution in [3.05, 3.63) is 182 Å². The molecule has 0 aliphatic carbocycles. The molecule has 6 heteroatoms. The van der Waals surface area contributed by atoms with Gasteiger partial charge in [0, 0.05) is 0 Å². The first-order valence-corrected chi connectivity index (χ1v) is 20.8. The molecule has 0 spiro atoms. The molecule has 6 rings (SSSR count). The van der Waals surface area contributed by atoms with Crippen molar-refractivity contribution in [3.63, 3.8) is 0 Å². The molecular formula is C38H36O3P2S. The first-order valence-electron chi connectivity index (χ1n) is 14.6. The molecule has 0 fully saturated rings. The topological polar surface area (TPSA) is 35.5 Å². The third-order valence-corrected chi connectivity index (χ3v) is 22.0. The second kappa shape index (κ2) is 12.0. The van der Waals surface area contributed by atoms with Crippen LogP contribution in [0, 0.1) is 0 Å². The van der Waals surface area contributed by atoms with Gasteiger partial charge in [0.15, 0.2) is 0 Å². The minimum absolute atomic E-state index is 0.961. The van der Waals surface area contributed by atoms with Gasteiger partial charge >= 0.3 is 264 Å². The molecule has 222 valence electrons. The predicted molar refractivity (Wildman–Crippen MR) is 192 cm³/mol. The molecule has 0 aliphatic rings.